The van der Waals surface area contributed by atoms with Crippen LogP contribution in [0.25, 0.3) is 0 Å². The van der Waals surface area contributed by atoms with Crippen molar-refractivity contribution >= 4 is 17.6 Å². The van der Waals surface area contributed by atoms with Crippen LogP contribution in [-0.2, 0) is 0 Å². The number of nitrogens with zero attached hydrogens (tertiary/aromatic N) is 4. The Balaban J connectivity index is 2.45. The van der Waals surface area contributed by atoms with Crippen molar-refractivity contribution in [3.05, 3.63) is 21.9 Å². The molecule has 2 aromatic heterocycles. The highest BCUT2D eigenvalue weighted by atomic mass is 32.2. The predicted octanol–water partition coefficient (Wildman–Crippen LogP) is 1.75. The Morgan fingerprint density at radius 3 is 2.60 bits per heavy atom. The Kier molecular flexibility index (Phi) is 4.12. The number of anilines is 1. The highest BCUT2D eigenvalue weighted by molar-refractivity contribution is 7.99. The summed E-state index contributed by atoms with van der Waals surface area (Å²) < 4.78 is 1.61. The first kappa shape index (κ1) is 14.6. The maximum atomic E-state index is 11.7. The van der Waals surface area contributed by atoms with Gasteiger partial charge in [0.2, 0.25) is 0 Å². The highest BCUT2D eigenvalue weighted by Crippen LogP contribution is 2.30. The van der Waals surface area contributed by atoms with Gasteiger partial charge in [-0.2, -0.15) is 0 Å². The van der Waals surface area contributed by atoms with E-state index in [1.807, 2.05) is 34.7 Å². The van der Waals surface area contributed by atoms with Gasteiger partial charge >= 0.3 is 5.69 Å². The molecule has 20 heavy (non-hydrogen) atoms. The Bertz CT molecular complexity index is 675. The van der Waals surface area contributed by atoms with Gasteiger partial charge in [0.25, 0.3) is 0 Å². The van der Waals surface area contributed by atoms with Crippen molar-refractivity contribution in [2.24, 2.45) is 0 Å². The summed E-state index contributed by atoms with van der Waals surface area (Å²) in [7, 11) is 1.82. The summed E-state index contributed by atoms with van der Waals surface area (Å²) in [6.45, 7) is 7.67. The van der Waals surface area contributed by atoms with Crippen molar-refractivity contribution in [2.75, 3.05) is 12.4 Å². The number of rotatable bonds is 4. The van der Waals surface area contributed by atoms with Crippen LogP contribution in [0, 0.1) is 13.8 Å². The summed E-state index contributed by atoms with van der Waals surface area (Å²) in [6, 6.07) is 0.0377. The minimum absolute atomic E-state index is 0.0377. The Morgan fingerprint density at radius 1 is 1.30 bits per heavy atom. The molecular weight excluding hydrogens is 276 g/mol. The smallest absolute Gasteiger partial charge is 0.344 e. The van der Waals surface area contributed by atoms with Crippen LogP contribution >= 0.6 is 11.8 Å². The summed E-state index contributed by atoms with van der Waals surface area (Å²) >= 11 is 1.36. The summed E-state index contributed by atoms with van der Waals surface area (Å²) in [5.41, 5.74) is 0.730. The van der Waals surface area contributed by atoms with Crippen molar-refractivity contribution in [3.8, 4) is 0 Å². The van der Waals surface area contributed by atoms with Crippen molar-refractivity contribution in [3.63, 3.8) is 0 Å². The van der Waals surface area contributed by atoms with E-state index in [1.165, 1.54) is 11.8 Å². The van der Waals surface area contributed by atoms with Gasteiger partial charge in [0.15, 0.2) is 5.16 Å². The van der Waals surface area contributed by atoms with Gasteiger partial charge in [-0.05, 0) is 39.5 Å². The molecule has 0 bridgehead atoms. The third-order valence-electron chi connectivity index (χ3n) is 2.83. The van der Waals surface area contributed by atoms with Crippen LogP contribution in [0.3, 0.4) is 0 Å². The lowest BCUT2D eigenvalue weighted by Gasteiger charge is -2.11. The molecule has 0 aliphatic carbocycles. The fraction of sp³-hybridized carbons (Fsp3) is 0.500. The van der Waals surface area contributed by atoms with Gasteiger partial charge in [-0.1, -0.05) is 0 Å². The van der Waals surface area contributed by atoms with E-state index in [0.29, 0.717) is 11.0 Å². The van der Waals surface area contributed by atoms with E-state index >= 15 is 0 Å². The summed E-state index contributed by atoms with van der Waals surface area (Å²) in [5.74, 6) is 1.46. The van der Waals surface area contributed by atoms with Crippen molar-refractivity contribution in [1.82, 2.24) is 24.7 Å². The topological polar surface area (TPSA) is 88.5 Å². The second-order valence-corrected chi connectivity index (χ2v) is 5.63. The molecule has 0 spiro atoms. The van der Waals surface area contributed by atoms with Gasteiger partial charge in [-0.25, -0.2) is 19.9 Å². The van der Waals surface area contributed by atoms with Gasteiger partial charge in [0.1, 0.15) is 16.7 Å². The Hall–Kier alpha value is -1.83. The number of aromatic nitrogens is 5. The Morgan fingerprint density at radius 2 is 2.00 bits per heavy atom. The monoisotopic (exact) mass is 294 g/mol. The van der Waals surface area contributed by atoms with Crippen molar-refractivity contribution in [2.45, 2.75) is 43.9 Å². The van der Waals surface area contributed by atoms with E-state index in [4.69, 9.17) is 0 Å². The molecule has 0 saturated heterocycles. The molecule has 0 fully saturated rings. The summed E-state index contributed by atoms with van der Waals surface area (Å²) in [6.07, 6.45) is 0. The second kappa shape index (κ2) is 5.66. The van der Waals surface area contributed by atoms with Crippen LogP contribution in [0.4, 0.5) is 5.82 Å². The number of H-pyrrole nitrogens is 1. The number of hydrogen-bond donors (Lipinski definition) is 2. The molecule has 0 aromatic carbocycles. The lowest BCUT2D eigenvalue weighted by Crippen LogP contribution is -2.19. The van der Waals surface area contributed by atoms with Crippen LogP contribution in [0.1, 0.15) is 31.3 Å². The molecular formula is C12H18N6OS. The molecule has 2 rings (SSSR count). The average molecular weight is 294 g/mol. The van der Waals surface area contributed by atoms with Crippen LogP contribution in [0.15, 0.2) is 15.0 Å². The first-order valence-corrected chi connectivity index (χ1v) is 7.13. The van der Waals surface area contributed by atoms with E-state index in [1.54, 1.807) is 4.57 Å². The third kappa shape index (κ3) is 2.69. The normalized spacial score (nSPS) is 11.1. The van der Waals surface area contributed by atoms with Crippen LogP contribution in [-0.4, -0.2) is 31.8 Å². The maximum Gasteiger partial charge on any atom is 0.344 e. The standard InChI is InChI=1S/C12H18N6OS/c1-6(2)18-11(19)16-17-12(18)20-10-7(3)9(13-5)14-8(4)15-10/h6H,1-5H3,(H,16,19)(H,13,14,15). The van der Waals surface area contributed by atoms with Gasteiger partial charge < -0.3 is 5.32 Å². The van der Waals surface area contributed by atoms with Gasteiger partial charge in [-0.3, -0.25) is 4.57 Å². The quantitative estimate of drug-likeness (QED) is 0.835. The highest BCUT2D eigenvalue weighted by Gasteiger charge is 2.16. The van der Waals surface area contributed by atoms with E-state index in [0.717, 1.165) is 16.4 Å². The lowest BCUT2D eigenvalue weighted by atomic mass is 10.3. The van der Waals surface area contributed by atoms with Gasteiger partial charge in [0.05, 0.1) is 0 Å². The summed E-state index contributed by atoms with van der Waals surface area (Å²) in [5, 5.41) is 11.0. The molecule has 0 atom stereocenters. The largest absolute Gasteiger partial charge is 0.373 e. The number of aryl methyl sites for hydroxylation is 1. The van der Waals surface area contributed by atoms with Crippen LogP contribution in [0.2, 0.25) is 0 Å². The first-order valence-electron chi connectivity index (χ1n) is 6.31. The molecule has 2 heterocycles. The zero-order valence-electron chi connectivity index (χ0n) is 12.2. The van der Waals surface area contributed by atoms with Crippen molar-refractivity contribution < 1.29 is 0 Å². The van der Waals surface area contributed by atoms with E-state index in [-0.39, 0.29) is 11.7 Å². The molecule has 108 valence electrons. The fourth-order valence-electron chi connectivity index (χ4n) is 1.85. The van der Waals surface area contributed by atoms with E-state index < -0.39 is 0 Å². The lowest BCUT2D eigenvalue weighted by molar-refractivity contribution is 0.533. The van der Waals surface area contributed by atoms with Crippen LogP contribution < -0.4 is 11.0 Å². The number of aromatic amines is 1. The predicted molar refractivity (Wildman–Crippen MR) is 78.4 cm³/mol. The second-order valence-electron chi connectivity index (χ2n) is 4.68. The molecule has 0 amide bonds. The molecule has 0 aliphatic heterocycles. The first-order chi connectivity index (χ1) is 9.43. The zero-order chi connectivity index (χ0) is 14.9. The minimum Gasteiger partial charge on any atom is -0.373 e. The average Bonchev–Trinajstić information content (AvgIpc) is 2.74. The SMILES string of the molecule is CNc1nc(C)nc(Sc2n[nH]c(=O)n2C(C)C)c1C. The minimum atomic E-state index is -0.209. The molecule has 0 unspecified atom stereocenters. The number of hydrogen-bond acceptors (Lipinski definition) is 6. The Labute approximate surface area is 121 Å². The van der Waals surface area contributed by atoms with E-state index in [2.05, 4.69) is 25.5 Å². The molecule has 2 aromatic rings. The number of nitrogens with one attached hydrogen (secondary N) is 2. The maximum absolute atomic E-state index is 11.7. The van der Waals surface area contributed by atoms with Crippen LogP contribution in [0.5, 0.6) is 0 Å². The summed E-state index contributed by atoms with van der Waals surface area (Å²) in [4.78, 5) is 20.5. The van der Waals surface area contributed by atoms with Gasteiger partial charge in [-0.15, -0.1) is 5.10 Å². The molecule has 2 N–H and O–H groups in total. The van der Waals surface area contributed by atoms with E-state index in [9.17, 15) is 4.79 Å². The van der Waals surface area contributed by atoms with Crippen molar-refractivity contribution in [1.29, 1.82) is 0 Å². The molecule has 8 heteroatoms. The molecule has 0 radical (unpaired) electrons. The van der Waals surface area contributed by atoms with Gasteiger partial charge in [0, 0.05) is 18.7 Å². The zero-order valence-corrected chi connectivity index (χ0v) is 13.0. The molecule has 0 saturated carbocycles. The fourth-order valence-corrected chi connectivity index (χ4v) is 2.93. The molecule has 7 nitrogen and oxygen atoms in total. The third-order valence-corrected chi connectivity index (χ3v) is 3.89. The molecule has 0 aliphatic rings.